The van der Waals surface area contributed by atoms with Gasteiger partial charge in [0.25, 0.3) is 5.91 Å². The van der Waals surface area contributed by atoms with Gasteiger partial charge in [0.1, 0.15) is 0 Å². The van der Waals surface area contributed by atoms with E-state index in [4.69, 9.17) is 0 Å². The highest BCUT2D eigenvalue weighted by atomic mass is 32.2. The minimum absolute atomic E-state index is 0.0140. The maximum Gasteiger partial charge on any atom is 0.253 e. The molecule has 120 valence electrons. The van der Waals surface area contributed by atoms with Crippen molar-refractivity contribution in [2.45, 2.75) is 32.2 Å². The third-order valence-electron chi connectivity index (χ3n) is 4.41. The average molecular weight is 322 g/mol. The van der Waals surface area contributed by atoms with Gasteiger partial charge >= 0.3 is 0 Å². The van der Waals surface area contributed by atoms with Crippen LogP contribution in [0.15, 0.2) is 18.2 Å². The summed E-state index contributed by atoms with van der Waals surface area (Å²) in [5, 5.41) is 0. The molecule has 2 aliphatic rings. The molecule has 1 fully saturated rings. The molecule has 0 bridgehead atoms. The van der Waals surface area contributed by atoms with Crippen molar-refractivity contribution in [1.29, 1.82) is 0 Å². The van der Waals surface area contributed by atoms with Crippen molar-refractivity contribution in [2.24, 2.45) is 5.92 Å². The average Bonchev–Trinajstić information content (AvgIpc) is 3.15. The lowest BCUT2D eigenvalue weighted by atomic mass is 10.1. The standard InChI is InChI=1S/C16H22N2O3S/c1-11-8-14-9-13(16(19)17(2)10-12-4-5-12)6-7-15(14)18(11)22(3,20)21/h6-7,9,11-12H,4-5,8,10H2,1-3H3/t11-/m1/s1. The number of hydrogen-bond acceptors (Lipinski definition) is 3. The van der Waals surface area contributed by atoms with E-state index in [-0.39, 0.29) is 11.9 Å². The summed E-state index contributed by atoms with van der Waals surface area (Å²) in [5.74, 6) is 0.671. The maximum atomic E-state index is 12.5. The lowest BCUT2D eigenvalue weighted by Gasteiger charge is -2.22. The van der Waals surface area contributed by atoms with E-state index >= 15 is 0 Å². The first-order valence-electron chi connectivity index (χ1n) is 7.65. The molecule has 0 saturated heterocycles. The number of nitrogens with zero attached hydrogens (tertiary/aromatic N) is 2. The number of fused-ring (bicyclic) bond motifs is 1. The zero-order valence-electron chi connectivity index (χ0n) is 13.2. The molecule has 1 aliphatic heterocycles. The lowest BCUT2D eigenvalue weighted by molar-refractivity contribution is 0.0788. The molecular formula is C16H22N2O3S. The van der Waals surface area contributed by atoms with Crippen LogP contribution in [0.1, 0.15) is 35.7 Å². The topological polar surface area (TPSA) is 57.7 Å². The zero-order chi connectivity index (χ0) is 16.1. The van der Waals surface area contributed by atoms with Crippen LogP contribution < -0.4 is 4.31 Å². The number of carbonyl (C=O) groups excluding carboxylic acids is 1. The fourth-order valence-electron chi connectivity index (χ4n) is 3.23. The predicted octanol–water partition coefficient (Wildman–Crippen LogP) is 1.88. The molecule has 0 N–H and O–H groups in total. The first-order valence-corrected chi connectivity index (χ1v) is 9.50. The largest absolute Gasteiger partial charge is 0.341 e. The monoisotopic (exact) mass is 322 g/mol. The predicted molar refractivity (Wildman–Crippen MR) is 86.6 cm³/mol. The second-order valence-electron chi connectivity index (χ2n) is 6.58. The maximum absolute atomic E-state index is 12.5. The highest BCUT2D eigenvalue weighted by Gasteiger charge is 2.33. The van der Waals surface area contributed by atoms with Gasteiger partial charge in [-0.3, -0.25) is 9.10 Å². The number of anilines is 1. The van der Waals surface area contributed by atoms with E-state index in [0.29, 0.717) is 23.6 Å². The zero-order valence-corrected chi connectivity index (χ0v) is 14.1. The molecule has 3 rings (SSSR count). The van der Waals surface area contributed by atoms with Crippen molar-refractivity contribution in [1.82, 2.24) is 4.90 Å². The molecule has 0 spiro atoms. The van der Waals surface area contributed by atoms with Crippen LogP contribution in [-0.4, -0.2) is 45.1 Å². The van der Waals surface area contributed by atoms with Crippen molar-refractivity contribution in [2.75, 3.05) is 24.2 Å². The quantitative estimate of drug-likeness (QED) is 0.850. The van der Waals surface area contributed by atoms with E-state index in [9.17, 15) is 13.2 Å². The summed E-state index contributed by atoms with van der Waals surface area (Å²) in [6, 6.07) is 5.25. The van der Waals surface area contributed by atoms with Crippen LogP contribution in [0.3, 0.4) is 0 Å². The number of hydrogen-bond donors (Lipinski definition) is 0. The highest BCUT2D eigenvalue weighted by Crippen LogP contribution is 2.35. The van der Waals surface area contributed by atoms with Crippen LogP contribution in [0.2, 0.25) is 0 Å². The van der Waals surface area contributed by atoms with Crippen molar-refractivity contribution >= 4 is 21.6 Å². The van der Waals surface area contributed by atoms with Crippen LogP contribution in [0.25, 0.3) is 0 Å². The van der Waals surface area contributed by atoms with Gasteiger partial charge in [-0.15, -0.1) is 0 Å². The fraction of sp³-hybridized carbons (Fsp3) is 0.562. The summed E-state index contributed by atoms with van der Waals surface area (Å²) in [5.41, 5.74) is 2.28. The van der Waals surface area contributed by atoms with E-state index in [1.54, 1.807) is 17.0 Å². The van der Waals surface area contributed by atoms with Gasteiger partial charge in [-0.25, -0.2) is 8.42 Å². The molecule has 1 heterocycles. The van der Waals surface area contributed by atoms with Crippen molar-refractivity contribution in [3.63, 3.8) is 0 Å². The summed E-state index contributed by atoms with van der Waals surface area (Å²) < 4.78 is 25.3. The third kappa shape index (κ3) is 2.84. The Kier molecular flexibility index (Phi) is 3.67. The van der Waals surface area contributed by atoms with Crippen LogP contribution in [0.5, 0.6) is 0 Å². The SMILES string of the molecule is C[C@@H]1Cc2cc(C(=O)N(C)CC3CC3)ccc2N1S(C)(=O)=O. The Hall–Kier alpha value is -1.56. The minimum Gasteiger partial charge on any atom is -0.341 e. The molecule has 6 heteroatoms. The van der Waals surface area contributed by atoms with Crippen LogP contribution >= 0.6 is 0 Å². The minimum atomic E-state index is -3.28. The van der Waals surface area contributed by atoms with E-state index in [2.05, 4.69) is 0 Å². The van der Waals surface area contributed by atoms with E-state index in [0.717, 1.165) is 12.1 Å². The molecule has 0 aromatic heterocycles. The van der Waals surface area contributed by atoms with Crippen molar-refractivity contribution in [3.8, 4) is 0 Å². The summed E-state index contributed by atoms with van der Waals surface area (Å²) in [4.78, 5) is 14.2. The highest BCUT2D eigenvalue weighted by molar-refractivity contribution is 7.92. The van der Waals surface area contributed by atoms with Crippen molar-refractivity contribution < 1.29 is 13.2 Å². The summed E-state index contributed by atoms with van der Waals surface area (Å²) in [6.45, 7) is 2.70. The Bertz CT molecular complexity index is 710. The van der Waals surface area contributed by atoms with Gasteiger partial charge in [0.2, 0.25) is 10.0 Å². The van der Waals surface area contributed by atoms with Gasteiger partial charge in [-0.05, 0) is 55.9 Å². The van der Waals surface area contributed by atoms with Gasteiger partial charge in [0, 0.05) is 25.2 Å². The van der Waals surface area contributed by atoms with Crippen molar-refractivity contribution in [3.05, 3.63) is 29.3 Å². The summed E-state index contributed by atoms with van der Waals surface area (Å²) >= 11 is 0. The van der Waals surface area contributed by atoms with E-state index in [1.165, 1.54) is 23.4 Å². The van der Waals surface area contributed by atoms with Crippen LogP contribution in [0, 0.1) is 5.92 Å². The molecule has 1 aliphatic carbocycles. The Morgan fingerprint density at radius 2 is 2.05 bits per heavy atom. The van der Waals surface area contributed by atoms with Gasteiger partial charge in [0.05, 0.1) is 11.9 Å². The second-order valence-corrected chi connectivity index (χ2v) is 8.44. The summed E-state index contributed by atoms with van der Waals surface area (Å²) in [6.07, 6.45) is 4.29. The molecule has 1 amide bonds. The Morgan fingerprint density at radius 1 is 1.36 bits per heavy atom. The Balaban J connectivity index is 1.86. The van der Waals surface area contributed by atoms with Gasteiger partial charge < -0.3 is 4.90 Å². The molecular weight excluding hydrogens is 300 g/mol. The Labute approximate surface area is 132 Å². The molecule has 1 saturated carbocycles. The normalized spacial score (nSPS) is 20.9. The molecule has 5 nitrogen and oxygen atoms in total. The number of carbonyl (C=O) groups is 1. The molecule has 22 heavy (non-hydrogen) atoms. The van der Waals surface area contributed by atoms with Gasteiger partial charge in [-0.2, -0.15) is 0 Å². The van der Waals surface area contributed by atoms with E-state index in [1.807, 2.05) is 20.0 Å². The second kappa shape index (κ2) is 5.26. The van der Waals surface area contributed by atoms with Crippen LogP contribution in [0.4, 0.5) is 5.69 Å². The number of rotatable bonds is 4. The molecule has 0 radical (unpaired) electrons. The van der Waals surface area contributed by atoms with E-state index < -0.39 is 10.0 Å². The molecule has 1 aromatic rings. The van der Waals surface area contributed by atoms with Gasteiger partial charge in [0.15, 0.2) is 0 Å². The van der Waals surface area contributed by atoms with Crippen LogP contribution in [-0.2, 0) is 16.4 Å². The molecule has 0 unspecified atom stereocenters. The smallest absolute Gasteiger partial charge is 0.253 e. The summed E-state index contributed by atoms with van der Waals surface area (Å²) in [7, 11) is -1.45. The van der Waals surface area contributed by atoms with Gasteiger partial charge in [-0.1, -0.05) is 0 Å². The number of sulfonamides is 1. The first kappa shape index (κ1) is 15.3. The molecule has 1 atom stereocenters. The first-order chi connectivity index (χ1) is 10.3. The fourth-order valence-corrected chi connectivity index (χ4v) is 4.50. The number of amides is 1. The number of benzene rings is 1. The lowest BCUT2D eigenvalue weighted by Crippen LogP contribution is -2.34. The Morgan fingerprint density at radius 3 is 2.64 bits per heavy atom. The molecule has 1 aromatic carbocycles. The third-order valence-corrected chi connectivity index (χ3v) is 5.68.